The number of thioether (sulfide) groups is 1. The summed E-state index contributed by atoms with van der Waals surface area (Å²) in [7, 11) is -2.56. The molecule has 0 radical (unpaired) electrons. The molecule has 3 rings (SSSR count). The Bertz CT molecular complexity index is 1250. The van der Waals surface area contributed by atoms with Crippen LogP contribution in [-0.2, 0) is 21.0 Å². The Labute approximate surface area is 199 Å². The SMILES string of the molecule is COc1ccc(S[C@H](C)C(=O)Nc2ccc(S(=O)(=O)Nc3cccc(C(F)(F)F)c3)cc2)cc1. The van der Waals surface area contributed by atoms with Crippen LogP contribution in [0.1, 0.15) is 12.5 Å². The van der Waals surface area contributed by atoms with E-state index in [1.165, 1.54) is 42.1 Å². The van der Waals surface area contributed by atoms with E-state index < -0.39 is 27.0 Å². The van der Waals surface area contributed by atoms with Crippen LogP contribution in [0.5, 0.6) is 5.75 Å². The Balaban J connectivity index is 1.63. The summed E-state index contributed by atoms with van der Waals surface area (Å²) in [5.74, 6) is 0.428. The predicted octanol–water partition coefficient (Wildman–Crippen LogP) is 5.63. The van der Waals surface area contributed by atoms with Gasteiger partial charge in [0.2, 0.25) is 5.91 Å². The Morgan fingerprint density at radius 1 is 0.971 bits per heavy atom. The smallest absolute Gasteiger partial charge is 0.416 e. The largest absolute Gasteiger partial charge is 0.497 e. The molecular weight excluding hydrogens is 489 g/mol. The molecule has 0 heterocycles. The van der Waals surface area contributed by atoms with Gasteiger partial charge in [-0.25, -0.2) is 8.42 Å². The van der Waals surface area contributed by atoms with E-state index in [2.05, 4.69) is 10.0 Å². The molecule has 2 N–H and O–H groups in total. The van der Waals surface area contributed by atoms with Crippen molar-refractivity contribution in [2.75, 3.05) is 17.1 Å². The molecule has 0 spiro atoms. The number of nitrogens with one attached hydrogen (secondary N) is 2. The van der Waals surface area contributed by atoms with Gasteiger partial charge in [0, 0.05) is 16.3 Å². The van der Waals surface area contributed by atoms with Crippen LogP contribution in [0.4, 0.5) is 24.5 Å². The van der Waals surface area contributed by atoms with E-state index in [0.717, 1.165) is 17.0 Å². The van der Waals surface area contributed by atoms with Gasteiger partial charge in [-0.05, 0) is 73.7 Å². The van der Waals surface area contributed by atoms with Crippen molar-refractivity contribution < 1.29 is 31.1 Å². The van der Waals surface area contributed by atoms with E-state index in [1.54, 1.807) is 26.2 Å². The monoisotopic (exact) mass is 510 g/mol. The summed E-state index contributed by atoms with van der Waals surface area (Å²) in [6.45, 7) is 1.74. The van der Waals surface area contributed by atoms with Gasteiger partial charge < -0.3 is 10.1 Å². The second-order valence-electron chi connectivity index (χ2n) is 7.13. The van der Waals surface area contributed by atoms with Gasteiger partial charge >= 0.3 is 6.18 Å². The number of hydrogen-bond acceptors (Lipinski definition) is 5. The lowest BCUT2D eigenvalue weighted by atomic mass is 10.2. The molecule has 0 aromatic heterocycles. The Kier molecular flexibility index (Phi) is 7.78. The first-order valence-electron chi connectivity index (χ1n) is 9.89. The zero-order valence-corrected chi connectivity index (χ0v) is 19.7. The molecule has 0 aliphatic heterocycles. The number of rotatable bonds is 8. The number of sulfonamides is 1. The minimum atomic E-state index is -4.59. The van der Waals surface area contributed by atoms with Crippen molar-refractivity contribution in [1.82, 2.24) is 0 Å². The summed E-state index contributed by atoms with van der Waals surface area (Å²) in [6, 6.07) is 16.5. The van der Waals surface area contributed by atoms with Gasteiger partial charge in [-0.3, -0.25) is 9.52 Å². The summed E-state index contributed by atoms with van der Waals surface area (Å²) in [5.41, 5.74) is -0.797. The number of ether oxygens (including phenoxy) is 1. The van der Waals surface area contributed by atoms with Gasteiger partial charge in [0.1, 0.15) is 5.75 Å². The molecular formula is C23H21F3N2O4S2. The number of hydrogen-bond donors (Lipinski definition) is 2. The molecule has 0 aliphatic rings. The Morgan fingerprint density at radius 3 is 2.21 bits per heavy atom. The van der Waals surface area contributed by atoms with Crippen molar-refractivity contribution in [2.24, 2.45) is 0 Å². The normalized spacial score (nSPS) is 12.6. The second kappa shape index (κ2) is 10.4. The van der Waals surface area contributed by atoms with Gasteiger partial charge in [-0.1, -0.05) is 6.07 Å². The van der Waals surface area contributed by atoms with Gasteiger partial charge in [-0.15, -0.1) is 11.8 Å². The van der Waals surface area contributed by atoms with Crippen molar-refractivity contribution in [1.29, 1.82) is 0 Å². The van der Waals surface area contributed by atoms with E-state index in [9.17, 15) is 26.4 Å². The number of carbonyl (C=O) groups excluding carboxylic acids is 1. The molecule has 3 aromatic carbocycles. The molecule has 0 bridgehead atoms. The third kappa shape index (κ3) is 6.67. The van der Waals surface area contributed by atoms with Gasteiger partial charge in [0.15, 0.2) is 0 Å². The topological polar surface area (TPSA) is 84.5 Å². The highest BCUT2D eigenvalue weighted by Crippen LogP contribution is 2.31. The highest BCUT2D eigenvalue weighted by atomic mass is 32.2. The first-order chi connectivity index (χ1) is 16.0. The van der Waals surface area contributed by atoms with Crippen molar-refractivity contribution >= 4 is 39.1 Å². The van der Waals surface area contributed by atoms with Crippen LogP contribution >= 0.6 is 11.8 Å². The van der Waals surface area contributed by atoms with Crippen LogP contribution in [0.25, 0.3) is 0 Å². The van der Waals surface area contributed by atoms with Crippen LogP contribution in [0, 0.1) is 0 Å². The molecule has 6 nitrogen and oxygen atoms in total. The summed E-state index contributed by atoms with van der Waals surface area (Å²) in [4.78, 5) is 13.2. The van der Waals surface area contributed by atoms with E-state index in [4.69, 9.17) is 4.74 Å². The third-order valence-corrected chi connectivity index (χ3v) is 7.12. The number of amides is 1. The lowest BCUT2D eigenvalue weighted by Crippen LogP contribution is -2.22. The number of halogens is 3. The zero-order chi connectivity index (χ0) is 24.9. The fourth-order valence-corrected chi connectivity index (χ4v) is 4.76. The first kappa shape index (κ1) is 25.4. The standard InChI is InChI=1S/C23H21F3N2O4S2/c1-15(33-20-10-8-19(32-2)9-11-20)22(29)27-17-6-12-21(13-7-17)34(30,31)28-18-5-3-4-16(14-18)23(24,25)26/h3-15,28H,1-2H3,(H,27,29)/t15-/m1/s1. The van der Waals surface area contributed by atoms with E-state index in [1.807, 2.05) is 12.1 Å². The number of anilines is 2. The quantitative estimate of drug-likeness (QED) is 0.384. The van der Waals surface area contributed by atoms with Crippen LogP contribution in [0.2, 0.25) is 0 Å². The maximum absolute atomic E-state index is 12.9. The van der Waals surface area contributed by atoms with Crippen molar-refractivity contribution in [3.8, 4) is 5.75 Å². The molecule has 11 heteroatoms. The summed E-state index contributed by atoms with van der Waals surface area (Å²) in [6.07, 6.45) is -4.59. The number of methoxy groups -OCH3 is 1. The molecule has 34 heavy (non-hydrogen) atoms. The number of benzene rings is 3. The summed E-state index contributed by atoms with van der Waals surface area (Å²) < 4.78 is 71.0. The van der Waals surface area contributed by atoms with Crippen molar-refractivity contribution in [2.45, 2.75) is 28.1 Å². The van der Waals surface area contributed by atoms with E-state index >= 15 is 0 Å². The molecule has 1 amide bonds. The maximum Gasteiger partial charge on any atom is 0.416 e. The molecule has 0 saturated carbocycles. The number of carbonyl (C=O) groups is 1. The summed E-state index contributed by atoms with van der Waals surface area (Å²) >= 11 is 1.35. The average Bonchev–Trinajstić information content (AvgIpc) is 2.79. The highest BCUT2D eigenvalue weighted by molar-refractivity contribution is 8.00. The minimum Gasteiger partial charge on any atom is -0.497 e. The lowest BCUT2D eigenvalue weighted by molar-refractivity contribution is -0.137. The molecule has 0 fully saturated rings. The Hall–Kier alpha value is -3.18. The van der Waals surface area contributed by atoms with Crippen molar-refractivity contribution in [3.63, 3.8) is 0 Å². The van der Waals surface area contributed by atoms with Crippen LogP contribution in [0.3, 0.4) is 0 Å². The lowest BCUT2D eigenvalue weighted by Gasteiger charge is -2.13. The van der Waals surface area contributed by atoms with Crippen LogP contribution < -0.4 is 14.8 Å². The molecule has 0 unspecified atom stereocenters. The van der Waals surface area contributed by atoms with E-state index in [-0.39, 0.29) is 16.5 Å². The average molecular weight is 511 g/mol. The van der Waals surface area contributed by atoms with Crippen LogP contribution in [0.15, 0.2) is 82.6 Å². The Morgan fingerprint density at radius 2 is 1.62 bits per heavy atom. The number of alkyl halides is 3. The fraction of sp³-hybridized carbons (Fsp3) is 0.174. The predicted molar refractivity (Wildman–Crippen MR) is 126 cm³/mol. The summed E-state index contributed by atoms with van der Waals surface area (Å²) in [5, 5.41) is 2.28. The molecule has 0 aliphatic carbocycles. The second-order valence-corrected chi connectivity index (χ2v) is 10.2. The first-order valence-corrected chi connectivity index (χ1v) is 12.3. The molecule has 3 aromatic rings. The minimum absolute atomic E-state index is 0.163. The molecule has 180 valence electrons. The molecule has 1 atom stereocenters. The zero-order valence-electron chi connectivity index (χ0n) is 18.1. The fourth-order valence-electron chi connectivity index (χ4n) is 2.85. The van der Waals surface area contributed by atoms with Crippen molar-refractivity contribution in [3.05, 3.63) is 78.4 Å². The highest BCUT2D eigenvalue weighted by Gasteiger charge is 2.30. The van der Waals surface area contributed by atoms with Crippen LogP contribution in [-0.4, -0.2) is 26.7 Å². The molecule has 0 saturated heterocycles. The maximum atomic E-state index is 12.9. The van der Waals surface area contributed by atoms with Gasteiger partial charge in [-0.2, -0.15) is 13.2 Å². The third-order valence-electron chi connectivity index (χ3n) is 4.62. The van der Waals surface area contributed by atoms with Gasteiger partial charge in [0.25, 0.3) is 10.0 Å². The van der Waals surface area contributed by atoms with E-state index in [0.29, 0.717) is 17.5 Å². The van der Waals surface area contributed by atoms with Gasteiger partial charge in [0.05, 0.1) is 22.8 Å².